The number of carbonyl (C=O) groups excluding carboxylic acids is 2. The van der Waals surface area contributed by atoms with Crippen LogP contribution in [0.5, 0.6) is 0 Å². The molecular weight excluding hydrogens is 669 g/mol. The van der Waals surface area contributed by atoms with Gasteiger partial charge in [0.05, 0.1) is 13.0 Å². The topological polar surface area (TPSA) is 61.8 Å². The molecule has 0 heterocycles. The molecule has 0 aliphatic carbocycles. The zero-order valence-electron chi connectivity index (χ0n) is 35.2. The first-order chi connectivity index (χ1) is 26.6. The SMILES string of the molecule is CC/C=C\C/C=C\C/C=C\C/C=C\C/C=C\CC(=O)OCC(COCCCCCCCC/C=C\CCCC)OC(=O)CCCCCCC/C=C\CCCC. The molecule has 0 fully saturated rings. The molecule has 5 heteroatoms. The van der Waals surface area contributed by atoms with E-state index in [-0.39, 0.29) is 31.6 Å². The number of hydrogen-bond donors (Lipinski definition) is 0. The van der Waals surface area contributed by atoms with Gasteiger partial charge in [0.2, 0.25) is 0 Å². The van der Waals surface area contributed by atoms with Crippen LogP contribution in [0.2, 0.25) is 0 Å². The smallest absolute Gasteiger partial charge is 0.309 e. The molecule has 0 bridgehead atoms. The fraction of sp³-hybridized carbons (Fsp3) is 0.673. The second kappa shape index (κ2) is 44.5. The molecule has 0 aliphatic heterocycles. The van der Waals surface area contributed by atoms with E-state index in [1.54, 1.807) is 0 Å². The highest BCUT2D eigenvalue weighted by molar-refractivity contribution is 5.71. The Balaban J connectivity index is 4.42. The Labute approximate surface area is 333 Å². The average Bonchev–Trinajstić information content (AvgIpc) is 3.17. The third-order valence-electron chi connectivity index (χ3n) is 8.92. The molecule has 308 valence electrons. The quantitative estimate of drug-likeness (QED) is 0.0356. The van der Waals surface area contributed by atoms with Gasteiger partial charge in [0.15, 0.2) is 6.10 Å². The van der Waals surface area contributed by atoms with Crippen LogP contribution in [0, 0.1) is 0 Å². The molecule has 0 aromatic carbocycles. The number of carbonyl (C=O) groups is 2. The maximum atomic E-state index is 12.7. The summed E-state index contributed by atoms with van der Waals surface area (Å²) in [7, 11) is 0. The normalized spacial score (nSPS) is 13.0. The van der Waals surface area contributed by atoms with E-state index in [1.807, 2.05) is 12.2 Å². The Morgan fingerprint density at radius 1 is 0.444 bits per heavy atom. The van der Waals surface area contributed by atoms with Gasteiger partial charge in [-0.25, -0.2) is 0 Å². The Hall–Kier alpha value is -2.92. The average molecular weight is 751 g/mol. The lowest BCUT2D eigenvalue weighted by Gasteiger charge is -2.18. The number of rotatable bonds is 39. The van der Waals surface area contributed by atoms with E-state index in [9.17, 15) is 9.59 Å². The molecule has 0 amide bonds. The van der Waals surface area contributed by atoms with E-state index >= 15 is 0 Å². The van der Waals surface area contributed by atoms with Gasteiger partial charge < -0.3 is 14.2 Å². The molecule has 5 nitrogen and oxygen atoms in total. The first-order valence-electron chi connectivity index (χ1n) is 22.1. The summed E-state index contributed by atoms with van der Waals surface area (Å²) in [5, 5.41) is 0. The Kier molecular flexibility index (Phi) is 42.1. The molecular formula is C49H82O5. The van der Waals surface area contributed by atoms with Crippen LogP contribution in [0.1, 0.15) is 188 Å². The molecule has 0 aliphatic rings. The van der Waals surface area contributed by atoms with Gasteiger partial charge in [-0.2, -0.15) is 0 Å². The summed E-state index contributed by atoms with van der Waals surface area (Å²) >= 11 is 0. The summed E-state index contributed by atoms with van der Waals surface area (Å²) in [5.41, 5.74) is 0. The van der Waals surface area contributed by atoms with Gasteiger partial charge in [-0.15, -0.1) is 0 Å². The van der Waals surface area contributed by atoms with Crippen LogP contribution in [-0.2, 0) is 23.8 Å². The number of ether oxygens (including phenoxy) is 3. The van der Waals surface area contributed by atoms with Gasteiger partial charge in [-0.3, -0.25) is 9.59 Å². The maximum absolute atomic E-state index is 12.7. The molecule has 1 atom stereocenters. The third kappa shape index (κ3) is 41.8. The van der Waals surface area contributed by atoms with Crippen LogP contribution in [0.3, 0.4) is 0 Å². The van der Waals surface area contributed by atoms with E-state index in [0.717, 1.165) is 70.6 Å². The van der Waals surface area contributed by atoms with Crippen molar-refractivity contribution < 1.29 is 23.8 Å². The highest BCUT2D eigenvalue weighted by atomic mass is 16.6. The molecule has 0 aromatic rings. The van der Waals surface area contributed by atoms with Crippen LogP contribution in [0.25, 0.3) is 0 Å². The maximum Gasteiger partial charge on any atom is 0.309 e. The van der Waals surface area contributed by atoms with Gasteiger partial charge in [0, 0.05) is 13.0 Å². The molecule has 0 aromatic heterocycles. The van der Waals surface area contributed by atoms with Crippen molar-refractivity contribution in [1.82, 2.24) is 0 Å². The van der Waals surface area contributed by atoms with Crippen molar-refractivity contribution in [3.63, 3.8) is 0 Å². The summed E-state index contributed by atoms with van der Waals surface area (Å²) in [5.74, 6) is -0.564. The zero-order chi connectivity index (χ0) is 39.3. The summed E-state index contributed by atoms with van der Waals surface area (Å²) in [6, 6.07) is 0. The van der Waals surface area contributed by atoms with E-state index in [1.165, 1.54) is 83.5 Å². The third-order valence-corrected chi connectivity index (χ3v) is 8.92. The first kappa shape index (κ1) is 51.1. The van der Waals surface area contributed by atoms with Crippen LogP contribution < -0.4 is 0 Å². The number of unbranched alkanes of at least 4 members (excludes halogenated alkanes) is 15. The molecule has 0 radical (unpaired) electrons. The van der Waals surface area contributed by atoms with Crippen LogP contribution in [0.15, 0.2) is 85.1 Å². The number of esters is 2. The Morgan fingerprint density at radius 2 is 0.889 bits per heavy atom. The summed E-state index contributed by atoms with van der Waals surface area (Å²) in [6.07, 6.45) is 57.4. The lowest BCUT2D eigenvalue weighted by atomic mass is 10.1. The second-order valence-corrected chi connectivity index (χ2v) is 14.2. The van der Waals surface area contributed by atoms with Crippen LogP contribution >= 0.6 is 0 Å². The molecule has 0 N–H and O–H groups in total. The number of allylic oxidation sites excluding steroid dienone is 13. The van der Waals surface area contributed by atoms with Crippen molar-refractivity contribution in [2.45, 2.75) is 194 Å². The second-order valence-electron chi connectivity index (χ2n) is 14.2. The molecule has 1 unspecified atom stereocenters. The highest BCUT2D eigenvalue weighted by Gasteiger charge is 2.17. The standard InChI is InChI=1S/C49H82O5/c1-4-7-10-13-16-19-22-24-25-26-28-30-33-36-39-42-48(50)53-46-47(45-52-44-41-38-35-32-29-23-20-17-14-11-8-5-2)54-49(51)43-40-37-34-31-27-21-18-15-12-9-6-3/h7,10,14-19,24-25,28,30,36,39,47H,4-6,8-9,11-13,20-23,26-27,29,31-35,37-38,40-46H2,1-3H3/b10-7-,17-14-,18-15-,19-16-,25-24-,30-28-,39-36-. The lowest BCUT2D eigenvalue weighted by molar-refractivity contribution is -0.162. The van der Waals surface area contributed by atoms with Crippen molar-refractivity contribution in [1.29, 1.82) is 0 Å². The minimum atomic E-state index is -0.584. The zero-order valence-corrected chi connectivity index (χ0v) is 35.2. The van der Waals surface area contributed by atoms with E-state index in [0.29, 0.717) is 13.0 Å². The van der Waals surface area contributed by atoms with E-state index in [4.69, 9.17) is 14.2 Å². The van der Waals surface area contributed by atoms with Crippen molar-refractivity contribution >= 4 is 11.9 Å². The molecule has 0 spiro atoms. The van der Waals surface area contributed by atoms with Crippen molar-refractivity contribution in [2.75, 3.05) is 19.8 Å². The monoisotopic (exact) mass is 751 g/mol. The van der Waals surface area contributed by atoms with Gasteiger partial charge in [0.1, 0.15) is 6.61 Å². The van der Waals surface area contributed by atoms with Gasteiger partial charge in [-0.05, 0) is 83.5 Å². The molecule has 54 heavy (non-hydrogen) atoms. The van der Waals surface area contributed by atoms with Crippen LogP contribution in [-0.4, -0.2) is 37.9 Å². The lowest BCUT2D eigenvalue weighted by Crippen LogP contribution is -2.30. The highest BCUT2D eigenvalue weighted by Crippen LogP contribution is 2.11. The predicted molar refractivity (Wildman–Crippen MR) is 233 cm³/mol. The summed E-state index contributed by atoms with van der Waals surface area (Å²) in [6.45, 7) is 7.50. The van der Waals surface area contributed by atoms with Gasteiger partial charge >= 0.3 is 11.9 Å². The fourth-order valence-corrected chi connectivity index (χ4v) is 5.60. The molecule has 0 saturated heterocycles. The van der Waals surface area contributed by atoms with E-state index in [2.05, 4.69) is 93.7 Å². The van der Waals surface area contributed by atoms with Gasteiger partial charge in [0.25, 0.3) is 0 Å². The largest absolute Gasteiger partial charge is 0.461 e. The van der Waals surface area contributed by atoms with Crippen molar-refractivity contribution in [3.8, 4) is 0 Å². The van der Waals surface area contributed by atoms with Crippen molar-refractivity contribution in [3.05, 3.63) is 85.1 Å². The minimum Gasteiger partial charge on any atom is -0.461 e. The minimum absolute atomic E-state index is 0.0218. The first-order valence-corrected chi connectivity index (χ1v) is 22.1. The predicted octanol–water partition coefficient (Wildman–Crippen LogP) is 14.6. The van der Waals surface area contributed by atoms with Crippen molar-refractivity contribution in [2.24, 2.45) is 0 Å². The summed E-state index contributed by atoms with van der Waals surface area (Å²) in [4.78, 5) is 25.1. The molecule has 0 rings (SSSR count). The fourth-order valence-electron chi connectivity index (χ4n) is 5.60. The van der Waals surface area contributed by atoms with Gasteiger partial charge in [-0.1, -0.05) is 176 Å². The molecule has 0 saturated carbocycles. The number of hydrogen-bond acceptors (Lipinski definition) is 5. The Bertz CT molecular complexity index is 1030. The van der Waals surface area contributed by atoms with Crippen LogP contribution in [0.4, 0.5) is 0 Å². The Morgan fingerprint density at radius 3 is 1.41 bits per heavy atom. The summed E-state index contributed by atoms with van der Waals surface area (Å²) < 4.78 is 17.2. The van der Waals surface area contributed by atoms with E-state index < -0.39 is 6.10 Å².